The fourth-order valence-corrected chi connectivity index (χ4v) is 0.935. The molecular weight excluding hydrogens is 174 g/mol. The first-order valence-corrected chi connectivity index (χ1v) is 3.86. The molecule has 0 aromatic rings. The van der Waals surface area contributed by atoms with Gasteiger partial charge in [0.1, 0.15) is 12.0 Å². The number of hydrogen-bond acceptors (Lipinski definition) is 1. The molecule has 0 aromatic carbocycles. The van der Waals surface area contributed by atoms with Gasteiger partial charge in [-0.2, -0.15) is 0 Å². The number of rotatable bonds is 4. The van der Waals surface area contributed by atoms with Crippen LogP contribution in [0.5, 0.6) is 0 Å². The van der Waals surface area contributed by atoms with Crippen LogP contribution in [0, 0.1) is 0 Å². The summed E-state index contributed by atoms with van der Waals surface area (Å²) in [6.07, 6.45) is 1.12. The van der Waals surface area contributed by atoms with E-state index in [1.807, 2.05) is 0 Å². The van der Waals surface area contributed by atoms with E-state index in [2.05, 4.69) is 6.58 Å². The Morgan fingerprint density at radius 1 is 1.54 bits per heavy atom. The highest BCUT2D eigenvalue weighted by atomic mass is 19.1. The first-order chi connectivity index (χ1) is 6.08. The van der Waals surface area contributed by atoms with Crippen molar-refractivity contribution in [1.82, 2.24) is 0 Å². The van der Waals surface area contributed by atoms with E-state index < -0.39 is 12.0 Å². The summed E-state index contributed by atoms with van der Waals surface area (Å²) < 4.78 is 25.9. The molecule has 0 aromatic heterocycles. The molecule has 3 heteroatoms. The predicted molar refractivity (Wildman–Crippen MR) is 48.7 cm³/mol. The van der Waals surface area contributed by atoms with Gasteiger partial charge >= 0.3 is 0 Å². The average molecular weight is 186 g/mol. The second kappa shape index (κ2) is 5.41. The van der Waals surface area contributed by atoms with E-state index in [-0.39, 0.29) is 11.1 Å². The maximum atomic E-state index is 13.0. The van der Waals surface area contributed by atoms with Crippen LogP contribution in [0.4, 0.5) is 8.78 Å². The van der Waals surface area contributed by atoms with E-state index in [1.54, 1.807) is 0 Å². The van der Waals surface area contributed by atoms with E-state index in [1.165, 1.54) is 13.8 Å². The highest BCUT2D eigenvalue weighted by Crippen LogP contribution is 2.21. The van der Waals surface area contributed by atoms with Gasteiger partial charge in [0.15, 0.2) is 6.29 Å². The Morgan fingerprint density at radius 3 is 2.31 bits per heavy atom. The van der Waals surface area contributed by atoms with Gasteiger partial charge < -0.3 is 0 Å². The summed E-state index contributed by atoms with van der Waals surface area (Å²) in [6, 6.07) is 0. The molecule has 1 nitrogen and oxygen atoms in total. The molecule has 1 atom stereocenters. The Morgan fingerprint density at radius 2 is 2.08 bits per heavy atom. The largest absolute Gasteiger partial charge is 0.298 e. The standard InChI is InChI=1S/C10H12F2O/c1-4-8(6-13)10(7(3)11)9(12)5-2/h4-7H,1H2,2-3H3/b9-5+,10-8+. The van der Waals surface area contributed by atoms with Gasteiger partial charge in [-0.1, -0.05) is 18.7 Å². The van der Waals surface area contributed by atoms with Crippen LogP contribution >= 0.6 is 0 Å². The van der Waals surface area contributed by atoms with Crippen LogP contribution in [-0.4, -0.2) is 12.5 Å². The molecule has 0 rings (SSSR count). The summed E-state index contributed by atoms with van der Waals surface area (Å²) >= 11 is 0. The third-order valence-corrected chi connectivity index (χ3v) is 1.57. The van der Waals surface area contributed by atoms with Gasteiger partial charge in [-0.25, -0.2) is 8.78 Å². The first-order valence-electron chi connectivity index (χ1n) is 3.86. The number of hydrogen-bond donors (Lipinski definition) is 0. The number of halogens is 2. The molecule has 0 N–H and O–H groups in total. The van der Waals surface area contributed by atoms with Crippen LogP contribution in [0.3, 0.4) is 0 Å². The third kappa shape index (κ3) is 2.93. The zero-order valence-electron chi connectivity index (χ0n) is 7.68. The second-order valence-electron chi connectivity index (χ2n) is 2.44. The van der Waals surface area contributed by atoms with Crippen molar-refractivity contribution in [1.29, 1.82) is 0 Å². The van der Waals surface area contributed by atoms with Crippen molar-refractivity contribution < 1.29 is 13.6 Å². The molecule has 0 fully saturated rings. The fraction of sp³-hybridized carbons (Fsp3) is 0.300. The smallest absolute Gasteiger partial charge is 0.150 e. The maximum Gasteiger partial charge on any atom is 0.150 e. The van der Waals surface area contributed by atoms with Gasteiger partial charge in [0.05, 0.1) is 0 Å². The van der Waals surface area contributed by atoms with Crippen molar-refractivity contribution in [3.05, 3.63) is 35.7 Å². The quantitative estimate of drug-likeness (QED) is 0.375. The predicted octanol–water partition coefficient (Wildman–Crippen LogP) is 2.90. The molecule has 72 valence electrons. The molecule has 0 aliphatic rings. The lowest BCUT2D eigenvalue weighted by Crippen LogP contribution is -2.04. The fourth-order valence-electron chi connectivity index (χ4n) is 0.935. The van der Waals surface area contributed by atoms with Gasteiger partial charge in [0.2, 0.25) is 0 Å². The molecule has 13 heavy (non-hydrogen) atoms. The molecule has 0 aliphatic carbocycles. The van der Waals surface area contributed by atoms with Crippen molar-refractivity contribution in [3.8, 4) is 0 Å². The van der Waals surface area contributed by atoms with Crippen LogP contribution < -0.4 is 0 Å². The van der Waals surface area contributed by atoms with Crippen molar-refractivity contribution in [3.63, 3.8) is 0 Å². The number of aldehydes is 1. The average Bonchev–Trinajstić information content (AvgIpc) is 2.12. The lowest BCUT2D eigenvalue weighted by molar-refractivity contribution is -0.104. The van der Waals surface area contributed by atoms with Gasteiger partial charge in [-0.05, 0) is 13.8 Å². The molecular formula is C10H12F2O. The van der Waals surface area contributed by atoms with E-state index in [0.29, 0.717) is 6.29 Å². The lowest BCUT2D eigenvalue weighted by Gasteiger charge is -2.07. The summed E-state index contributed by atoms with van der Waals surface area (Å²) in [5.74, 6) is -0.725. The van der Waals surface area contributed by atoms with E-state index in [9.17, 15) is 13.6 Å². The summed E-state index contributed by atoms with van der Waals surface area (Å²) in [7, 11) is 0. The van der Waals surface area contributed by atoms with Crippen LogP contribution in [0.2, 0.25) is 0 Å². The van der Waals surface area contributed by atoms with Crippen molar-refractivity contribution in [2.75, 3.05) is 0 Å². The van der Waals surface area contributed by atoms with Crippen LogP contribution in [0.15, 0.2) is 35.7 Å². The molecule has 0 saturated heterocycles. The summed E-state index contributed by atoms with van der Waals surface area (Å²) in [5, 5.41) is 0. The minimum Gasteiger partial charge on any atom is -0.298 e. The van der Waals surface area contributed by atoms with Crippen molar-refractivity contribution in [2.45, 2.75) is 20.0 Å². The minimum absolute atomic E-state index is 0.0504. The van der Waals surface area contributed by atoms with Crippen LogP contribution in [0.25, 0.3) is 0 Å². The van der Waals surface area contributed by atoms with Crippen molar-refractivity contribution in [2.24, 2.45) is 0 Å². The van der Waals surface area contributed by atoms with E-state index in [0.717, 1.165) is 12.2 Å². The molecule has 0 spiro atoms. The van der Waals surface area contributed by atoms with Gasteiger partial charge in [-0.15, -0.1) is 0 Å². The zero-order chi connectivity index (χ0) is 10.4. The van der Waals surface area contributed by atoms with Gasteiger partial charge in [0, 0.05) is 11.1 Å². The molecule has 0 bridgehead atoms. The Bertz CT molecular complexity index is 252. The maximum absolute atomic E-state index is 13.0. The third-order valence-electron chi connectivity index (χ3n) is 1.57. The number of carbonyl (C=O) groups is 1. The van der Waals surface area contributed by atoms with Gasteiger partial charge in [-0.3, -0.25) is 4.79 Å². The Labute approximate surface area is 76.4 Å². The van der Waals surface area contributed by atoms with E-state index >= 15 is 0 Å². The SMILES string of the molecule is C=C/C(C=O)=C(\C(F)=C/C)C(C)F. The molecule has 0 heterocycles. The molecule has 1 unspecified atom stereocenters. The topological polar surface area (TPSA) is 17.1 Å². The molecule has 0 aliphatic heterocycles. The van der Waals surface area contributed by atoms with Gasteiger partial charge in [0.25, 0.3) is 0 Å². The lowest BCUT2D eigenvalue weighted by atomic mass is 10.0. The zero-order valence-corrected chi connectivity index (χ0v) is 7.68. The number of alkyl halides is 1. The minimum atomic E-state index is -1.52. The Balaban J connectivity index is 5.33. The first kappa shape index (κ1) is 11.8. The molecule has 0 amide bonds. The Kier molecular flexibility index (Phi) is 4.89. The highest BCUT2D eigenvalue weighted by Gasteiger charge is 2.15. The molecule has 0 saturated carbocycles. The Hall–Kier alpha value is -1.25. The monoisotopic (exact) mass is 186 g/mol. The van der Waals surface area contributed by atoms with Crippen molar-refractivity contribution >= 4 is 6.29 Å². The molecule has 0 radical (unpaired) electrons. The summed E-state index contributed by atoms with van der Waals surface area (Å²) in [4.78, 5) is 10.4. The second-order valence-corrected chi connectivity index (χ2v) is 2.44. The normalized spacial score (nSPS) is 16.2. The van der Waals surface area contributed by atoms with Crippen LogP contribution in [-0.2, 0) is 4.79 Å². The van der Waals surface area contributed by atoms with Crippen LogP contribution in [0.1, 0.15) is 13.8 Å². The summed E-state index contributed by atoms with van der Waals surface area (Å²) in [5.41, 5.74) is -0.293. The highest BCUT2D eigenvalue weighted by molar-refractivity contribution is 5.80. The number of allylic oxidation sites excluding steroid dienone is 5. The summed E-state index contributed by atoms with van der Waals surface area (Å²) in [6.45, 7) is 5.91. The van der Waals surface area contributed by atoms with E-state index in [4.69, 9.17) is 0 Å². The number of carbonyl (C=O) groups excluding carboxylic acids is 1.